The highest BCUT2D eigenvalue weighted by Gasteiger charge is 2.40. The molecule has 7 nitrogen and oxygen atoms in total. The smallest absolute Gasteiger partial charge is 0.246 e. The molecule has 2 amide bonds. The van der Waals surface area contributed by atoms with Gasteiger partial charge in [-0.3, -0.25) is 9.59 Å². The van der Waals surface area contributed by atoms with Gasteiger partial charge in [0, 0.05) is 13.0 Å². The molecule has 1 heterocycles. The Morgan fingerprint density at radius 2 is 1.90 bits per heavy atom. The molecule has 2 atom stereocenters. The van der Waals surface area contributed by atoms with Gasteiger partial charge in [-0.1, -0.05) is 36.4 Å². The van der Waals surface area contributed by atoms with Crippen LogP contribution < -0.4 is 15.8 Å². The van der Waals surface area contributed by atoms with Crippen LogP contribution in [-0.2, 0) is 22.6 Å². The zero-order valence-corrected chi connectivity index (χ0v) is 16.5. The topological polar surface area (TPSA) is 105 Å². The number of nitrogens with zero attached hydrogens (tertiary/aromatic N) is 1. The average Bonchev–Trinajstić information content (AvgIpc) is 2.73. The predicted octanol–water partition coefficient (Wildman–Crippen LogP) is 1.58. The van der Waals surface area contributed by atoms with Gasteiger partial charge in [-0.05, 0) is 42.6 Å². The third-order valence-corrected chi connectivity index (χ3v) is 5.14. The molecule has 0 radical (unpaired) electrons. The molecular formula is C22H27N3O4. The van der Waals surface area contributed by atoms with Crippen molar-refractivity contribution in [1.82, 2.24) is 10.2 Å². The monoisotopic (exact) mass is 397 g/mol. The second-order valence-corrected chi connectivity index (χ2v) is 7.17. The van der Waals surface area contributed by atoms with E-state index in [1.54, 1.807) is 17.0 Å². The summed E-state index contributed by atoms with van der Waals surface area (Å²) in [7, 11) is 1.47. The summed E-state index contributed by atoms with van der Waals surface area (Å²) in [5.41, 5.74) is 7.39. The first kappa shape index (κ1) is 20.7. The summed E-state index contributed by atoms with van der Waals surface area (Å²) >= 11 is 0. The SMILES string of the molecule is COc1cc(CN2C(=O)C(Cc3ccccc3)NC(=O)C2CCCN)ccc1O. The highest BCUT2D eigenvalue weighted by Crippen LogP contribution is 2.28. The highest BCUT2D eigenvalue weighted by molar-refractivity contribution is 5.97. The number of benzene rings is 2. The number of phenolic OH excluding ortho intramolecular Hbond substituents is 1. The van der Waals surface area contributed by atoms with Crippen LogP contribution in [0.15, 0.2) is 48.5 Å². The molecule has 1 saturated heterocycles. The van der Waals surface area contributed by atoms with E-state index in [9.17, 15) is 14.7 Å². The molecule has 2 aromatic rings. The summed E-state index contributed by atoms with van der Waals surface area (Å²) < 4.78 is 5.17. The number of nitrogens with one attached hydrogen (secondary N) is 1. The van der Waals surface area contributed by atoms with Crippen LogP contribution in [0.2, 0.25) is 0 Å². The minimum absolute atomic E-state index is 0.0283. The summed E-state index contributed by atoms with van der Waals surface area (Å²) in [6, 6.07) is 13.4. The van der Waals surface area contributed by atoms with Gasteiger partial charge in [0.1, 0.15) is 12.1 Å². The number of aromatic hydroxyl groups is 1. The lowest BCUT2D eigenvalue weighted by Gasteiger charge is -2.39. The Kier molecular flexibility index (Phi) is 6.72. The standard InChI is InChI=1S/C22H27N3O4/c1-29-20-13-16(9-10-19(20)26)14-25-18(8-5-11-23)21(27)24-17(22(25)28)12-15-6-3-2-4-7-15/h2-4,6-7,9-10,13,17-18,26H,5,8,11-12,14,23H2,1H3,(H,24,27). The lowest BCUT2D eigenvalue weighted by molar-refractivity contribution is -0.150. The number of rotatable bonds is 8. The van der Waals surface area contributed by atoms with Gasteiger partial charge in [-0.25, -0.2) is 0 Å². The maximum absolute atomic E-state index is 13.3. The van der Waals surface area contributed by atoms with Gasteiger partial charge in [0.2, 0.25) is 11.8 Å². The Hall–Kier alpha value is -3.06. The number of piperazine rings is 1. The molecule has 0 saturated carbocycles. The largest absolute Gasteiger partial charge is 0.504 e. The summed E-state index contributed by atoms with van der Waals surface area (Å²) in [5, 5.41) is 12.7. The zero-order valence-electron chi connectivity index (χ0n) is 16.5. The number of methoxy groups -OCH3 is 1. The van der Waals surface area contributed by atoms with E-state index in [0.29, 0.717) is 31.6 Å². The van der Waals surface area contributed by atoms with Crippen molar-refractivity contribution in [3.8, 4) is 11.5 Å². The van der Waals surface area contributed by atoms with E-state index in [2.05, 4.69) is 5.32 Å². The number of phenols is 1. The van der Waals surface area contributed by atoms with Crippen molar-refractivity contribution in [2.45, 2.75) is 37.9 Å². The Morgan fingerprint density at radius 1 is 1.14 bits per heavy atom. The first-order chi connectivity index (χ1) is 14.0. The van der Waals surface area contributed by atoms with Gasteiger partial charge in [0.05, 0.1) is 7.11 Å². The molecule has 29 heavy (non-hydrogen) atoms. The molecule has 0 bridgehead atoms. The van der Waals surface area contributed by atoms with Crippen molar-refractivity contribution in [3.05, 3.63) is 59.7 Å². The van der Waals surface area contributed by atoms with Crippen LogP contribution in [0.5, 0.6) is 11.5 Å². The minimum atomic E-state index is -0.613. The number of ether oxygens (including phenoxy) is 1. The van der Waals surface area contributed by atoms with Crippen LogP contribution in [0.1, 0.15) is 24.0 Å². The Morgan fingerprint density at radius 3 is 2.59 bits per heavy atom. The predicted molar refractivity (Wildman–Crippen MR) is 109 cm³/mol. The van der Waals surface area contributed by atoms with Gasteiger partial charge in [0.15, 0.2) is 11.5 Å². The van der Waals surface area contributed by atoms with Crippen molar-refractivity contribution in [3.63, 3.8) is 0 Å². The molecule has 1 aliphatic rings. The Labute approximate surface area is 170 Å². The van der Waals surface area contributed by atoms with Crippen LogP contribution >= 0.6 is 0 Å². The molecule has 3 rings (SSSR count). The Bertz CT molecular complexity index is 856. The molecular weight excluding hydrogens is 370 g/mol. The number of carbonyl (C=O) groups is 2. The second-order valence-electron chi connectivity index (χ2n) is 7.17. The molecule has 2 aromatic carbocycles. The second kappa shape index (κ2) is 9.43. The molecule has 4 N–H and O–H groups in total. The normalized spacial score (nSPS) is 19.2. The van der Waals surface area contributed by atoms with E-state index in [4.69, 9.17) is 10.5 Å². The number of carbonyl (C=O) groups excluding carboxylic acids is 2. The first-order valence-corrected chi connectivity index (χ1v) is 9.74. The molecule has 7 heteroatoms. The number of amides is 2. The molecule has 0 aliphatic carbocycles. The van der Waals surface area contributed by atoms with Gasteiger partial charge >= 0.3 is 0 Å². The van der Waals surface area contributed by atoms with Crippen LogP contribution in [0.25, 0.3) is 0 Å². The van der Waals surface area contributed by atoms with Crippen LogP contribution in [0.3, 0.4) is 0 Å². The van der Waals surface area contributed by atoms with Gasteiger partial charge in [0.25, 0.3) is 0 Å². The van der Waals surface area contributed by atoms with Crippen molar-refractivity contribution >= 4 is 11.8 Å². The fourth-order valence-corrected chi connectivity index (χ4v) is 3.62. The third-order valence-electron chi connectivity index (χ3n) is 5.14. The summed E-state index contributed by atoms with van der Waals surface area (Å²) in [6.07, 6.45) is 1.58. The zero-order chi connectivity index (χ0) is 20.8. The number of hydrogen-bond acceptors (Lipinski definition) is 5. The fourth-order valence-electron chi connectivity index (χ4n) is 3.62. The quantitative estimate of drug-likeness (QED) is 0.627. The van der Waals surface area contributed by atoms with E-state index in [-0.39, 0.29) is 24.1 Å². The van der Waals surface area contributed by atoms with E-state index in [1.165, 1.54) is 13.2 Å². The lowest BCUT2D eigenvalue weighted by atomic mass is 9.97. The van der Waals surface area contributed by atoms with Gasteiger partial charge in [-0.2, -0.15) is 0 Å². The summed E-state index contributed by atoms with van der Waals surface area (Å²) in [6.45, 7) is 0.704. The van der Waals surface area contributed by atoms with E-state index in [0.717, 1.165) is 11.1 Å². The fraction of sp³-hybridized carbons (Fsp3) is 0.364. The summed E-state index contributed by atoms with van der Waals surface area (Å²) in [5.74, 6) is 0.0728. The molecule has 1 aliphatic heterocycles. The van der Waals surface area contributed by atoms with Crippen LogP contribution in [0.4, 0.5) is 0 Å². The van der Waals surface area contributed by atoms with E-state index < -0.39 is 12.1 Å². The van der Waals surface area contributed by atoms with Crippen molar-refractivity contribution in [2.75, 3.05) is 13.7 Å². The first-order valence-electron chi connectivity index (χ1n) is 9.74. The molecule has 154 valence electrons. The van der Waals surface area contributed by atoms with Gasteiger partial charge in [-0.15, -0.1) is 0 Å². The molecule has 1 fully saturated rings. The molecule has 0 spiro atoms. The molecule has 2 unspecified atom stereocenters. The van der Waals surface area contributed by atoms with Crippen molar-refractivity contribution in [1.29, 1.82) is 0 Å². The Balaban J connectivity index is 1.85. The number of nitrogens with two attached hydrogens (primary N) is 1. The van der Waals surface area contributed by atoms with Crippen LogP contribution in [-0.4, -0.2) is 47.6 Å². The van der Waals surface area contributed by atoms with Crippen LogP contribution in [0, 0.1) is 0 Å². The highest BCUT2D eigenvalue weighted by atomic mass is 16.5. The van der Waals surface area contributed by atoms with E-state index in [1.807, 2.05) is 30.3 Å². The third kappa shape index (κ3) is 4.86. The lowest BCUT2D eigenvalue weighted by Crippen LogP contribution is -2.63. The minimum Gasteiger partial charge on any atom is -0.504 e. The average molecular weight is 397 g/mol. The number of hydrogen-bond donors (Lipinski definition) is 3. The summed E-state index contributed by atoms with van der Waals surface area (Å²) in [4.78, 5) is 27.7. The van der Waals surface area contributed by atoms with Crippen molar-refractivity contribution in [2.24, 2.45) is 5.73 Å². The van der Waals surface area contributed by atoms with Crippen molar-refractivity contribution < 1.29 is 19.4 Å². The maximum atomic E-state index is 13.3. The van der Waals surface area contributed by atoms with E-state index >= 15 is 0 Å². The molecule has 0 aromatic heterocycles. The van der Waals surface area contributed by atoms with Gasteiger partial charge < -0.3 is 25.8 Å². The maximum Gasteiger partial charge on any atom is 0.246 e.